The van der Waals surface area contributed by atoms with Gasteiger partial charge in [0, 0.05) is 11.6 Å². The molecule has 1 aliphatic carbocycles. The molecule has 2 N–H and O–H groups in total. The summed E-state index contributed by atoms with van der Waals surface area (Å²) in [6, 6.07) is 13.0. The van der Waals surface area contributed by atoms with Crippen LogP contribution in [0.25, 0.3) is 10.8 Å². The average molecular weight is 283 g/mol. The Labute approximate surface area is 127 Å². The molecule has 0 saturated heterocycles. The molecule has 1 atom stereocenters. The van der Waals surface area contributed by atoms with Gasteiger partial charge in [0.25, 0.3) is 0 Å². The Kier molecular flexibility index (Phi) is 4.45. The van der Waals surface area contributed by atoms with E-state index in [1.165, 1.54) is 42.0 Å². The number of ether oxygens (including phenoxy) is 1. The summed E-state index contributed by atoms with van der Waals surface area (Å²) in [6.07, 6.45) is 7.23. The molecule has 2 heteroatoms. The number of fused-ring (bicyclic) bond motifs is 1. The Morgan fingerprint density at radius 2 is 1.90 bits per heavy atom. The topological polar surface area (TPSA) is 35.2 Å². The summed E-state index contributed by atoms with van der Waals surface area (Å²) in [7, 11) is 0. The molecule has 0 aromatic heterocycles. The third-order valence-corrected chi connectivity index (χ3v) is 4.58. The van der Waals surface area contributed by atoms with E-state index < -0.39 is 0 Å². The van der Waals surface area contributed by atoms with Crippen molar-refractivity contribution in [1.29, 1.82) is 0 Å². The summed E-state index contributed by atoms with van der Waals surface area (Å²) in [5.74, 6) is 1.05. The fourth-order valence-corrected chi connectivity index (χ4v) is 3.23. The van der Waals surface area contributed by atoms with Crippen LogP contribution in [0.2, 0.25) is 0 Å². The second-order valence-electron chi connectivity index (χ2n) is 6.16. The number of rotatable bonds is 5. The quantitative estimate of drug-likeness (QED) is 0.880. The molecule has 0 heterocycles. The second kappa shape index (κ2) is 6.48. The molecular formula is C19H25NO. The molecule has 1 saturated carbocycles. The lowest BCUT2D eigenvalue weighted by atomic mass is 9.97. The molecule has 2 nitrogen and oxygen atoms in total. The van der Waals surface area contributed by atoms with Crippen molar-refractivity contribution in [2.75, 3.05) is 0 Å². The van der Waals surface area contributed by atoms with Crippen molar-refractivity contribution in [2.24, 2.45) is 5.73 Å². The van der Waals surface area contributed by atoms with Crippen LogP contribution >= 0.6 is 0 Å². The van der Waals surface area contributed by atoms with Crippen LogP contribution < -0.4 is 10.5 Å². The highest BCUT2D eigenvalue weighted by molar-refractivity contribution is 5.87. The van der Waals surface area contributed by atoms with Crippen LogP contribution in [0.5, 0.6) is 5.75 Å². The molecule has 1 unspecified atom stereocenters. The predicted molar refractivity (Wildman–Crippen MR) is 88.8 cm³/mol. The lowest BCUT2D eigenvalue weighted by molar-refractivity contribution is 0.208. The van der Waals surface area contributed by atoms with Gasteiger partial charge in [-0.25, -0.2) is 0 Å². The molecule has 3 rings (SSSR count). The summed E-state index contributed by atoms with van der Waals surface area (Å²) in [4.78, 5) is 0. The normalized spacial score (nSPS) is 17.2. The number of nitrogens with two attached hydrogens (primary N) is 1. The van der Waals surface area contributed by atoms with Crippen molar-refractivity contribution in [3.8, 4) is 5.75 Å². The Hall–Kier alpha value is -1.54. The smallest absolute Gasteiger partial charge is 0.123 e. The fraction of sp³-hybridized carbons (Fsp3) is 0.474. The first kappa shape index (κ1) is 14.4. The molecule has 2 aromatic carbocycles. The van der Waals surface area contributed by atoms with E-state index in [1.807, 2.05) is 0 Å². The first-order valence-electron chi connectivity index (χ1n) is 8.20. The summed E-state index contributed by atoms with van der Waals surface area (Å²) in [5, 5.41) is 2.56. The molecule has 1 aliphatic rings. The number of hydrogen-bond donors (Lipinski definition) is 1. The number of hydrogen-bond acceptors (Lipinski definition) is 2. The van der Waals surface area contributed by atoms with E-state index in [9.17, 15) is 0 Å². The van der Waals surface area contributed by atoms with E-state index in [4.69, 9.17) is 10.5 Å². The Morgan fingerprint density at radius 3 is 2.67 bits per heavy atom. The van der Waals surface area contributed by atoms with Crippen LogP contribution in [0, 0.1) is 0 Å². The van der Waals surface area contributed by atoms with Crippen molar-refractivity contribution in [3.63, 3.8) is 0 Å². The zero-order chi connectivity index (χ0) is 14.7. The SMILES string of the molecule is CCC(N)Cc1c(OC2CCCC2)ccc2ccccc12. The van der Waals surface area contributed by atoms with Gasteiger partial charge < -0.3 is 10.5 Å². The molecular weight excluding hydrogens is 258 g/mol. The maximum Gasteiger partial charge on any atom is 0.123 e. The molecule has 21 heavy (non-hydrogen) atoms. The maximum atomic E-state index is 6.30. The van der Waals surface area contributed by atoms with E-state index in [1.54, 1.807) is 0 Å². The third kappa shape index (κ3) is 3.21. The van der Waals surface area contributed by atoms with E-state index in [-0.39, 0.29) is 6.04 Å². The average Bonchev–Trinajstić information content (AvgIpc) is 3.02. The van der Waals surface area contributed by atoms with Crippen LogP contribution in [-0.4, -0.2) is 12.1 Å². The second-order valence-corrected chi connectivity index (χ2v) is 6.16. The summed E-state index contributed by atoms with van der Waals surface area (Å²) >= 11 is 0. The fourth-order valence-electron chi connectivity index (χ4n) is 3.23. The highest BCUT2D eigenvalue weighted by Crippen LogP contribution is 2.32. The zero-order valence-corrected chi connectivity index (χ0v) is 12.8. The lowest BCUT2D eigenvalue weighted by Crippen LogP contribution is -2.22. The Morgan fingerprint density at radius 1 is 1.14 bits per heavy atom. The van der Waals surface area contributed by atoms with Gasteiger partial charge in [-0.05, 0) is 55.4 Å². The molecule has 0 amide bonds. The van der Waals surface area contributed by atoms with E-state index in [0.717, 1.165) is 18.6 Å². The van der Waals surface area contributed by atoms with Crippen LogP contribution in [0.3, 0.4) is 0 Å². The molecule has 0 bridgehead atoms. The van der Waals surface area contributed by atoms with Gasteiger partial charge in [0.05, 0.1) is 6.10 Å². The van der Waals surface area contributed by atoms with Crippen molar-refractivity contribution < 1.29 is 4.74 Å². The molecule has 0 radical (unpaired) electrons. The van der Waals surface area contributed by atoms with E-state index in [2.05, 4.69) is 43.3 Å². The minimum atomic E-state index is 0.196. The molecule has 112 valence electrons. The van der Waals surface area contributed by atoms with Gasteiger partial charge in [-0.3, -0.25) is 0 Å². The summed E-state index contributed by atoms with van der Waals surface area (Å²) in [6.45, 7) is 2.15. The summed E-state index contributed by atoms with van der Waals surface area (Å²) in [5.41, 5.74) is 7.50. The standard InChI is InChI=1S/C19H25NO/c1-2-15(20)13-18-17-10-6-3-7-14(17)11-12-19(18)21-16-8-4-5-9-16/h3,6-7,10-12,15-16H,2,4-5,8-9,13,20H2,1H3. The largest absolute Gasteiger partial charge is 0.490 e. The van der Waals surface area contributed by atoms with Gasteiger partial charge in [0.15, 0.2) is 0 Å². The Balaban J connectivity index is 1.98. The third-order valence-electron chi connectivity index (χ3n) is 4.58. The first-order valence-corrected chi connectivity index (χ1v) is 8.20. The van der Waals surface area contributed by atoms with Crippen LogP contribution in [0.1, 0.15) is 44.6 Å². The van der Waals surface area contributed by atoms with Crippen LogP contribution in [0.4, 0.5) is 0 Å². The van der Waals surface area contributed by atoms with Gasteiger partial charge >= 0.3 is 0 Å². The number of benzene rings is 2. The highest BCUT2D eigenvalue weighted by atomic mass is 16.5. The van der Waals surface area contributed by atoms with Gasteiger partial charge in [-0.2, -0.15) is 0 Å². The summed E-state index contributed by atoms with van der Waals surface area (Å²) < 4.78 is 6.30. The minimum Gasteiger partial charge on any atom is -0.490 e. The zero-order valence-electron chi connectivity index (χ0n) is 12.8. The van der Waals surface area contributed by atoms with E-state index in [0.29, 0.717) is 6.10 Å². The van der Waals surface area contributed by atoms with Gasteiger partial charge in [0.2, 0.25) is 0 Å². The highest BCUT2D eigenvalue weighted by Gasteiger charge is 2.19. The van der Waals surface area contributed by atoms with E-state index >= 15 is 0 Å². The van der Waals surface area contributed by atoms with Crippen molar-refractivity contribution in [2.45, 2.75) is 57.6 Å². The van der Waals surface area contributed by atoms with Crippen LogP contribution in [0.15, 0.2) is 36.4 Å². The van der Waals surface area contributed by atoms with Gasteiger partial charge in [-0.1, -0.05) is 37.3 Å². The predicted octanol–water partition coefficient (Wildman–Crippen LogP) is 4.44. The monoisotopic (exact) mass is 283 g/mol. The first-order chi connectivity index (χ1) is 10.3. The van der Waals surface area contributed by atoms with Crippen molar-refractivity contribution in [3.05, 3.63) is 42.0 Å². The lowest BCUT2D eigenvalue weighted by Gasteiger charge is -2.20. The maximum absolute atomic E-state index is 6.30. The van der Waals surface area contributed by atoms with Crippen molar-refractivity contribution in [1.82, 2.24) is 0 Å². The van der Waals surface area contributed by atoms with Crippen LogP contribution in [-0.2, 0) is 6.42 Å². The molecule has 2 aromatic rings. The molecule has 0 spiro atoms. The van der Waals surface area contributed by atoms with Gasteiger partial charge in [-0.15, -0.1) is 0 Å². The Bertz CT molecular complexity index is 602. The molecule has 0 aliphatic heterocycles. The molecule has 1 fully saturated rings. The van der Waals surface area contributed by atoms with Gasteiger partial charge in [0.1, 0.15) is 5.75 Å². The minimum absolute atomic E-state index is 0.196. The van der Waals surface area contributed by atoms with Crippen molar-refractivity contribution >= 4 is 10.8 Å².